The van der Waals surface area contributed by atoms with Crippen LogP contribution in [0.15, 0.2) is 6.99 Å². The minimum absolute atomic E-state index is 0.126. The summed E-state index contributed by atoms with van der Waals surface area (Å²) in [5, 5.41) is 0. The third-order valence-electron chi connectivity index (χ3n) is 0.573. The third-order valence-corrected chi connectivity index (χ3v) is 3.39. The van der Waals surface area contributed by atoms with Crippen LogP contribution in [0.4, 0.5) is 0 Å². The van der Waals surface area contributed by atoms with Crippen LogP contribution in [0, 0.1) is 0 Å². The Bertz CT molecular complexity index is 149. The first kappa shape index (κ1) is 10.3. The monoisotopic (exact) mass is 226 g/mol. The molecule has 0 unspecified atom stereocenters. The van der Waals surface area contributed by atoms with E-state index in [2.05, 4.69) is 41.6 Å². The molecule has 60 valence electrons. The molecular formula is C7H16MoN2. The molecule has 3 heteroatoms. The zero-order valence-corrected chi connectivity index (χ0v) is 9.39. The number of hydrogen-bond acceptors (Lipinski definition) is 2. The zero-order chi connectivity index (χ0) is 8.20. The van der Waals surface area contributed by atoms with Gasteiger partial charge >= 0.3 is 71.4 Å². The van der Waals surface area contributed by atoms with E-state index in [1.807, 2.05) is 0 Å². The van der Waals surface area contributed by atoms with Crippen molar-refractivity contribution in [1.29, 1.82) is 0 Å². The van der Waals surface area contributed by atoms with Crippen molar-refractivity contribution in [2.24, 2.45) is 6.99 Å². The Balaban J connectivity index is 3.99. The van der Waals surface area contributed by atoms with Crippen LogP contribution >= 0.6 is 0 Å². The molecule has 0 saturated carbocycles. The van der Waals surface area contributed by atoms with Gasteiger partial charge < -0.3 is 0 Å². The van der Waals surface area contributed by atoms with Gasteiger partial charge in [0.15, 0.2) is 0 Å². The van der Waals surface area contributed by atoms with E-state index in [1.165, 1.54) is 0 Å². The van der Waals surface area contributed by atoms with Crippen molar-refractivity contribution in [2.45, 2.75) is 46.2 Å². The Morgan fingerprint density at radius 3 is 2.00 bits per heavy atom. The Hall–Kier alpha value is 0.288. The summed E-state index contributed by atoms with van der Waals surface area (Å²) in [5.74, 6) is 0. The predicted molar refractivity (Wildman–Crippen MR) is 39.7 cm³/mol. The zero-order valence-electron chi connectivity index (χ0n) is 7.38. The molecule has 0 bridgehead atoms. The van der Waals surface area contributed by atoms with Crippen LogP contribution in [0.3, 0.4) is 0 Å². The first-order valence-electron chi connectivity index (χ1n) is 3.50. The molecule has 0 aromatic carbocycles. The van der Waals surface area contributed by atoms with E-state index in [0.29, 0.717) is 6.04 Å². The van der Waals surface area contributed by atoms with Gasteiger partial charge in [0.25, 0.3) is 0 Å². The second-order valence-corrected chi connectivity index (χ2v) is 4.91. The Morgan fingerprint density at radius 1 is 1.20 bits per heavy atom. The number of hydrogen-bond donors (Lipinski definition) is 0. The van der Waals surface area contributed by atoms with Crippen LogP contribution in [-0.2, 0) is 18.2 Å². The summed E-state index contributed by atoms with van der Waals surface area (Å²) >= 11 is -0.418. The van der Waals surface area contributed by atoms with Crippen LogP contribution in [0.1, 0.15) is 34.6 Å². The van der Waals surface area contributed by atoms with Crippen molar-refractivity contribution in [3.8, 4) is 0 Å². The van der Waals surface area contributed by atoms with E-state index in [0.717, 1.165) is 0 Å². The maximum absolute atomic E-state index is 4.46. The average Bonchev–Trinajstić information content (AvgIpc) is 1.59. The molecule has 0 aliphatic rings. The summed E-state index contributed by atoms with van der Waals surface area (Å²) in [6.07, 6.45) is 0. The van der Waals surface area contributed by atoms with Crippen LogP contribution in [-0.4, -0.2) is 11.6 Å². The standard InChI is InChI=1S/C4H9N.C3H7N.Mo/c1-4(2,3)5;1-3(2)4;/h1-3H3;3H,1-2H3;. The Labute approximate surface area is 71.7 Å². The van der Waals surface area contributed by atoms with Crippen molar-refractivity contribution in [3.05, 3.63) is 0 Å². The van der Waals surface area contributed by atoms with Gasteiger partial charge in [0.05, 0.1) is 0 Å². The molecule has 0 aliphatic heterocycles. The van der Waals surface area contributed by atoms with Crippen molar-refractivity contribution >= 4 is 0 Å². The topological polar surface area (TPSA) is 24.7 Å². The van der Waals surface area contributed by atoms with Crippen LogP contribution in [0.25, 0.3) is 0 Å². The van der Waals surface area contributed by atoms with Gasteiger partial charge in [-0.2, -0.15) is 0 Å². The summed E-state index contributed by atoms with van der Waals surface area (Å²) in [6, 6.07) is 0.466. The molecule has 0 fully saturated rings. The van der Waals surface area contributed by atoms with Crippen molar-refractivity contribution in [3.63, 3.8) is 0 Å². The molecule has 2 nitrogen and oxygen atoms in total. The van der Waals surface area contributed by atoms with Crippen molar-refractivity contribution in [2.75, 3.05) is 0 Å². The molecular weight excluding hydrogens is 208 g/mol. The third kappa shape index (κ3) is 8.29. The summed E-state index contributed by atoms with van der Waals surface area (Å²) in [6.45, 7) is 10.6. The van der Waals surface area contributed by atoms with Gasteiger partial charge in [-0.1, -0.05) is 0 Å². The molecule has 0 aromatic rings. The molecule has 0 aliphatic carbocycles. The Morgan fingerprint density at radius 2 is 1.70 bits per heavy atom. The number of nitrogens with zero attached hydrogens (tertiary/aromatic N) is 2. The summed E-state index contributed by atoms with van der Waals surface area (Å²) < 4.78 is 8.83. The molecule has 0 N–H and O–H groups in total. The van der Waals surface area contributed by atoms with E-state index < -0.39 is 18.2 Å². The van der Waals surface area contributed by atoms with Gasteiger partial charge in [-0.15, -0.1) is 0 Å². The molecule has 0 rings (SSSR count). The second-order valence-electron chi connectivity index (χ2n) is 3.54. The van der Waals surface area contributed by atoms with E-state index in [4.69, 9.17) is 0 Å². The molecule has 0 saturated heterocycles. The van der Waals surface area contributed by atoms with Crippen molar-refractivity contribution in [1.82, 2.24) is 0 Å². The normalized spacial score (nSPS) is 11.4. The molecule has 0 radical (unpaired) electrons. The van der Waals surface area contributed by atoms with Crippen LogP contribution in [0.2, 0.25) is 0 Å². The predicted octanol–water partition coefficient (Wildman–Crippen LogP) is 2.64. The average molecular weight is 224 g/mol. The van der Waals surface area contributed by atoms with Crippen LogP contribution < -0.4 is 0 Å². The summed E-state index contributed by atoms with van der Waals surface area (Å²) in [4.78, 5) is 0. The molecule has 0 atom stereocenters. The first-order valence-corrected chi connectivity index (χ1v) is 5.30. The van der Waals surface area contributed by atoms with Gasteiger partial charge in [-0.05, 0) is 0 Å². The SMILES string of the molecule is CC(C)[N]=[Mo]=[N]C(C)(C)C. The fourth-order valence-corrected chi connectivity index (χ4v) is 1.42. The first-order chi connectivity index (χ1) is 4.42. The van der Waals surface area contributed by atoms with E-state index in [1.54, 1.807) is 0 Å². The van der Waals surface area contributed by atoms with E-state index >= 15 is 0 Å². The minimum atomic E-state index is -0.418. The molecule has 0 aromatic heterocycles. The molecule has 0 spiro atoms. The fraction of sp³-hybridized carbons (Fsp3) is 1.00. The van der Waals surface area contributed by atoms with Gasteiger partial charge in [0.2, 0.25) is 0 Å². The van der Waals surface area contributed by atoms with E-state index in [-0.39, 0.29) is 5.54 Å². The molecule has 10 heavy (non-hydrogen) atoms. The second kappa shape index (κ2) is 4.23. The molecule has 0 amide bonds. The maximum atomic E-state index is 4.46. The quantitative estimate of drug-likeness (QED) is 0.612. The number of rotatable bonds is 1. The molecule has 0 heterocycles. The Kier molecular flexibility index (Phi) is 4.35. The van der Waals surface area contributed by atoms with Gasteiger partial charge in [-0.25, -0.2) is 0 Å². The van der Waals surface area contributed by atoms with Gasteiger partial charge in [0, 0.05) is 0 Å². The van der Waals surface area contributed by atoms with Crippen LogP contribution in [0.5, 0.6) is 0 Å². The van der Waals surface area contributed by atoms with Crippen molar-refractivity contribution < 1.29 is 18.2 Å². The van der Waals surface area contributed by atoms with E-state index in [9.17, 15) is 0 Å². The summed E-state index contributed by atoms with van der Waals surface area (Å²) in [5.41, 5.74) is 0.126. The van der Waals surface area contributed by atoms with Gasteiger partial charge in [-0.3, -0.25) is 0 Å². The fourth-order valence-electron chi connectivity index (χ4n) is 0.240. The summed E-state index contributed by atoms with van der Waals surface area (Å²) in [7, 11) is 0. The van der Waals surface area contributed by atoms with Gasteiger partial charge in [0.1, 0.15) is 0 Å².